The Balaban J connectivity index is 2.56. The van der Waals surface area contributed by atoms with Gasteiger partial charge in [-0.05, 0) is 24.8 Å². The predicted molar refractivity (Wildman–Crippen MR) is 72.0 cm³/mol. The van der Waals surface area contributed by atoms with Crippen molar-refractivity contribution in [2.24, 2.45) is 5.84 Å². The number of pyridine rings is 1. The van der Waals surface area contributed by atoms with Crippen molar-refractivity contribution >= 4 is 23.5 Å². The van der Waals surface area contributed by atoms with Crippen molar-refractivity contribution in [3.05, 3.63) is 23.9 Å². The SMILES string of the molecule is CCSCC(C)NC(=O)c1cccc(NN)n1. The summed E-state index contributed by atoms with van der Waals surface area (Å²) in [6.07, 6.45) is 0. The number of nitrogens with two attached hydrogens (primary N) is 1. The lowest BCUT2D eigenvalue weighted by Crippen LogP contribution is -2.34. The molecule has 5 nitrogen and oxygen atoms in total. The number of hydrogen-bond donors (Lipinski definition) is 3. The lowest BCUT2D eigenvalue weighted by atomic mass is 10.3. The summed E-state index contributed by atoms with van der Waals surface area (Å²) >= 11 is 1.79. The zero-order valence-electron chi connectivity index (χ0n) is 10.1. The Morgan fingerprint density at radius 1 is 1.59 bits per heavy atom. The third kappa shape index (κ3) is 4.62. The van der Waals surface area contributed by atoms with Gasteiger partial charge in [-0.3, -0.25) is 4.79 Å². The summed E-state index contributed by atoms with van der Waals surface area (Å²) in [5, 5.41) is 2.89. The molecule has 0 bridgehead atoms. The number of amides is 1. The smallest absolute Gasteiger partial charge is 0.270 e. The lowest BCUT2D eigenvalue weighted by molar-refractivity contribution is 0.0939. The second kappa shape index (κ2) is 7.13. The molecule has 0 aliphatic heterocycles. The fourth-order valence-corrected chi connectivity index (χ4v) is 1.95. The van der Waals surface area contributed by atoms with Gasteiger partial charge in [-0.1, -0.05) is 13.0 Å². The molecule has 1 heterocycles. The maximum absolute atomic E-state index is 11.8. The Hall–Kier alpha value is -1.27. The zero-order valence-corrected chi connectivity index (χ0v) is 10.9. The van der Waals surface area contributed by atoms with Crippen molar-refractivity contribution in [2.75, 3.05) is 16.9 Å². The van der Waals surface area contributed by atoms with E-state index in [1.807, 2.05) is 6.92 Å². The highest BCUT2D eigenvalue weighted by Gasteiger charge is 2.11. The van der Waals surface area contributed by atoms with Gasteiger partial charge in [-0.2, -0.15) is 11.8 Å². The first-order valence-corrected chi connectivity index (χ1v) is 6.65. The molecule has 17 heavy (non-hydrogen) atoms. The van der Waals surface area contributed by atoms with Gasteiger partial charge < -0.3 is 10.7 Å². The molecule has 0 spiro atoms. The number of thioether (sulfide) groups is 1. The first kappa shape index (κ1) is 13.8. The molecule has 94 valence electrons. The normalized spacial score (nSPS) is 11.9. The van der Waals surface area contributed by atoms with Gasteiger partial charge >= 0.3 is 0 Å². The third-order valence-corrected chi connectivity index (χ3v) is 3.22. The van der Waals surface area contributed by atoms with Gasteiger partial charge in [-0.25, -0.2) is 10.8 Å². The van der Waals surface area contributed by atoms with Gasteiger partial charge in [-0.15, -0.1) is 0 Å². The van der Waals surface area contributed by atoms with Crippen LogP contribution >= 0.6 is 11.8 Å². The number of hydrogen-bond acceptors (Lipinski definition) is 5. The minimum absolute atomic E-state index is 0.128. The number of anilines is 1. The number of nitrogen functional groups attached to an aromatic ring is 1. The number of rotatable bonds is 6. The maximum atomic E-state index is 11.8. The van der Waals surface area contributed by atoms with Crippen LogP contribution in [-0.2, 0) is 0 Å². The highest BCUT2D eigenvalue weighted by Crippen LogP contribution is 2.05. The number of carbonyl (C=O) groups is 1. The average molecular weight is 254 g/mol. The van der Waals surface area contributed by atoms with Gasteiger partial charge in [0.25, 0.3) is 5.91 Å². The van der Waals surface area contributed by atoms with Gasteiger partial charge in [0.1, 0.15) is 11.5 Å². The van der Waals surface area contributed by atoms with Crippen LogP contribution in [0, 0.1) is 0 Å². The Morgan fingerprint density at radius 2 is 2.35 bits per heavy atom. The number of nitrogens with one attached hydrogen (secondary N) is 2. The van der Waals surface area contributed by atoms with Gasteiger partial charge in [0, 0.05) is 11.8 Å². The number of carbonyl (C=O) groups excluding carboxylic acids is 1. The molecule has 1 atom stereocenters. The molecule has 1 unspecified atom stereocenters. The lowest BCUT2D eigenvalue weighted by Gasteiger charge is -2.12. The standard InChI is InChI=1S/C11H18N4OS/c1-3-17-7-8(2)13-11(16)9-5-4-6-10(14-9)15-12/h4-6,8H,3,7,12H2,1-2H3,(H,13,16)(H,14,15). The molecule has 0 radical (unpaired) electrons. The quantitative estimate of drug-likeness (QED) is 0.526. The zero-order chi connectivity index (χ0) is 12.7. The summed E-state index contributed by atoms with van der Waals surface area (Å²) in [5.41, 5.74) is 2.78. The van der Waals surface area contributed by atoms with Gasteiger partial charge in [0.2, 0.25) is 0 Å². The van der Waals surface area contributed by atoms with Crippen LogP contribution in [0.4, 0.5) is 5.82 Å². The minimum Gasteiger partial charge on any atom is -0.347 e. The Morgan fingerprint density at radius 3 is 3.00 bits per heavy atom. The highest BCUT2D eigenvalue weighted by molar-refractivity contribution is 7.99. The van der Waals surface area contributed by atoms with E-state index in [2.05, 4.69) is 22.7 Å². The monoisotopic (exact) mass is 254 g/mol. The summed E-state index contributed by atoms with van der Waals surface area (Å²) < 4.78 is 0. The summed E-state index contributed by atoms with van der Waals surface area (Å²) in [6.45, 7) is 4.07. The predicted octanol–water partition coefficient (Wildman–Crippen LogP) is 1.24. The molecule has 1 amide bonds. The van der Waals surface area contributed by atoms with Crippen LogP contribution in [0.5, 0.6) is 0 Å². The fraction of sp³-hybridized carbons (Fsp3) is 0.455. The molecular weight excluding hydrogens is 236 g/mol. The average Bonchev–Trinajstić information content (AvgIpc) is 2.36. The van der Waals surface area contributed by atoms with E-state index in [-0.39, 0.29) is 11.9 Å². The van der Waals surface area contributed by atoms with Gasteiger partial charge in [0.15, 0.2) is 0 Å². The Kier molecular flexibility index (Phi) is 5.79. The molecule has 0 saturated carbocycles. The van der Waals surface area contributed by atoms with E-state index >= 15 is 0 Å². The van der Waals surface area contributed by atoms with Crippen molar-refractivity contribution in [2.45, 2.75) is 19.9 Å². The second-order valence-electron chi connectivity index (χ2n) is 3.59. The van der Waals surface area contributed by atoms with Crippen LogP contribution in [-0.4, -0.2) is 28.4 Å². The van der Waals surface area contributed by atoms with Crippen LogP contribution in [0.2, 0.25) is 0 Å². The third-order valence-electron chi connectivity index (χ3n) is 2.08. The van der Waals surface area contributed by atoms with E-state index in [0.717, 1.165) is 11.5 Å². The van der Waals surface area contributed by atoms with E-state index in [4.69, 9.17) is 5.84 Å². The van der Waals surface area contributed by atoms with E-state index in [1.54, 1.807) is 30.0 Å². The van der Waals surface area contributed by atoms with E-state index in [0.29, 0.717) is 11.5 Å². The number of nitrogens with zero attached hydrogens (tertiary/aromatic N) is 1. The topological polar surface area (TPSA) is 80.0 Å². The maximum Gasteiger partial charge on any atom is 0.270 e. The summed E-state index contributed by atoms with van der Waals surface area (Å²) in [7, 11) is 0. The molecule has 6 heteroatoms. The molecule has 1 aromatic heterocycles. The van der Waals surface area contributed by atoms with Crippen molar-refractivity contribution in [3.63, 3.8) is 0 Å². The van der Waals surface area contributed by atoms with E-state index in [9.17, 15) is 4.79 Å². The molecule has 0 fully saturated rings. The first-order valence-electron chi connectivity index (χ1n) is 5.49. The van der Waals surface area contributed by atoms with Gasteiger partial charge in [0.05, 0.1) is 0 Å². The molecule has 0 aromatic carbocycles. The number of aromatic nitrogens is 1. The highest BCUT2D eigenvalue weighted by atomic mass is 32.2. The van der Waals surface area contributed by atoms with Crippen LogP contribution < -0.4 is 16.6 Å². The van der Waals surface area contributed by atoms with E-state index in [1.165, 1.54) is 0 Å². The molecule has 0 saturated heterocycles. The number of hydrazine groups is 1. The van der Waals surface area contributed by atoms with Crippen molar-refractivity contribution in [1.29, 1.82) is 0 Å². The van der Waals surface area contributed by atoms with Crippen LogP contribution in [0.1, 0.15) is 24.3 Å². The molecule has 0 aliphatic rings. The van der Waals surface area contributed by atoms with Crippen molar-refractivity contribution in [3.8, 4) is 0 Å². The molecule has 1 rings (SSSR count). The van der Waals surface area contributed by atoms with Crippen LogP contribution in [0.15, 0.2) is 18.2 Å². The van der Waals surface area contributed by atoms with E-state index < -0.39 is 0 Å². The Labute approximate surface area is 106 Å². The van der Waals surface area contributed by atoms with Crippen LogP contribution in [0.25, 0.3) is 0 Å². The summed E-state index contributed by atoms with van der Waals surface area (Å²) in [4.78, 5) is 15.9. The van der Waals surface area contributed by atoms with Crippen molar-refractivity contribution in [1.82, 2.24) is 10.3 Å². The summed E-state index contributed by atoms with van der Waals surface area (Å²) in [6, 6.07) is 5.23. The Bertz CT molecular complexity index is 372. The van der Waals surface area contributed by atoms with Crippen molar-refractivity contribution < 1.29 is 4.79 Å². The first-order chi connectivity index (χ1) is 8.17. The molecule has 4 N–H and O–H groups in total. The van der Waals surface area contributed by atoms with Crippen LogP contribution in [0.3, 0.4) is 0 Å². The molecule has 1 aromatic rings. The largest absolute Gasteiger partial charge is 0.347 e. The summed E-state index contributed by atoms with van der Waals surface area (Å²) in [5.74, 6) is 7.49. The molecular formula is C11H18N4OS. The minimum atomic E-state index is -0.175. The second-order valence-corrected chi connectivity index (χ2v) is 4.91. The fourth-order valence-electron chi connectivity index (χ4n) is 1.28. The molecule has 0 aliphatic carbocycles.